The van der Waals surface area contributed by atoms with Crippen molar-refractivity contribution in [3.8, 4) is 0 Å². The molecule has 106 valence electrons. The molecule has 4 nitrogen and oxygen atoms in total. The molecule has 0 radical (unpaired) electrons. The number of aryl methyl sites for hydroxylation is 2. The standard InChI is InChI=1S/C17H16N2O2/c1-11-8-9-14(12(2)10-11)17(13-6-4-3-5-7-13)15(20)19-16(18)21-17/h3-10H,1-2H3,(H2,18,19,20). The maximum atomic E-state index is 12.6. The first-order valence-corrected chi connectivity index (χ1v) is 6.75. The third-order valence-corrected chi connectivity index (χ3v) is 3.71. The molecule has 0 saturated heterocycles. The van der Waals surface area contributed by atoms with Gasteiger partial charge in [-0.3, -0.25) is 4.79 Å². The fourth-order valence-electron chi connectivity index (χ4n) is 2.79. The molecule has 1 aliphatic rings. The first kappa shape index (κ1) is 13.4. The monoisotopic (exact) mass is 280 g/mol. The van der Waals surface area contributed by atoms with Gasteiger partial charge >= 0.3 is 5.91 Å². The summed E-state index contributed by atoms with van der Waals surface area (Å²) < 4.78 is 5.73. The molecule has 0 aromatic heterocycles. The van der Waals surface area contributed by atoms with Crippen molar-refractivity contribution in [2.75, 3.05) is 0 Å². The van der Waals surface area contributed by atoms with E-state index in [0.29, 0.717) is 0 Å². The van der Waals surface area contributed by atoms with Gasteiger partial charge in [0, 0.05) is 11.1 Å². The number of benzene rings is 2. The van der Waals surface area contributed by atoms with Crippen LogP contribution in [0.5, 0.6) is 0 Å². The summed E-state index contributed by atoms with van der Waals surface area (Å²) in [6.07, 6.45) is 0. The highest BCUT2D eigenvalue weighted by Crippen LogP contribution is 2.39. The van der Waals surface area contributed by atoms with Crippen LogP contribution < -0.4 is 5.73 Å². The zero-order valence-corrected chi connectivity index (χ0v) is 12.0. The summed E-state index contributed by atoms with van der Waals surface area (Å²) in [6, 6.07) is 15.1. The minimum atomic E-state index is -1.27. The Labute approximate surface area is 123 Å². The van der Waals surface area contributed by atoms with Gasteiger partial charge in [0.2, 0.25) is 5.60 Å². The average Bonchev–Trinajstić information content (AvgIpc) is 2.75. The number of ether oxygens (including phenoxy) is 1. The normalized spacial score (nSPS) is 21.0. The number of nitrogens with two attached hydrogens (primary N) is 1. The first-order chi connectivity index (χ1) is 10.0. The van der Waals surface area contributed by atoms with E-state index in [1.807, 2.05) is 62.4 Å². The molecule has 4 heteroatoms. The zero-order valence-electron chi connectivity index (χ0n) is 12.0. The molecule has 2 aromatic carbocycles. The van der Waals surface area contributed by atoms with Gasteiger partial charge in [-0.05, 0) is 19.4 Å². The van der Waals surface area contributed by atoms with E-state index in [1.54, 1.807) is 0 Å². The quantitative estimate of drug-likeness (QED) is 0.918. The lowest BCUT2D eigenvalue weighted by Crippen LogP contribution is -2.37. The van der Waals surface area contributed by atoms with E-state index < -0.39 is 11.5 Å². The van der Waals surface area contributed by atoms with Crippen molar-refractivity contribution in [1.29, 1.82) is 0 Å². The highest BCUT2D eigenvalue weighted by Gasteiger charge is 2.50. The molecule has 3 rings (SSSR count). The average molecular weight is 280 g/mol. The molecular weight excluding hydrogens is 264 g/mol. The van der Waals surface area contributed by atoms with E-state index in [4.69, 9.17) is 10.5 Å². The van der Waals surface area contributed by atoms with E-state index >= 15 is 0 Å². The van der Waals surface area contributed by atoms with Crippen LogP contribution in [0, 0.1) is 13.8 Å². The number of nitrogens with zero attached hydrogens (tertiary/aromatic N) is 1. The van der Waals surface area contributed by atoms with E-state index in [2.05, 4.69) is 4.99 Å². The summed E-state index contributed by atoms with van der Waals surface area (Å²) in [7, 11) is 0. The predicted molar refractivity (Wildman–Crippen MR) is 80.9 cm³/mol. The Balaban J connectivity index is 2.26. The van der Waals surface area contributed by atoms with Crippen molar-refractivity contribution < 1.29 is 9.53 Å². The molecule has 2 N–H and O–H groups in total. The van der Waals surface area contributed by atoms with Crippen molar-refractivity contribution in [2.45, 2.75) is 19.4 Å². The predicted octanol–water partition coefficient (Wildman–Crippen LogP) is 2.42. The first-order valence-electron chi connectivity index (χ1n) is 6.75. The van der Waals surface area contributed by atoms with Gasteiger partial charge in [0.05, 0.1) is 0 Å². The molecule has 2 aromatic rings. The van der Waals surface area contributed by atoms with Crippen molar-refractivity contribution in [3.05, 3.63) is 70.8 Å². The molecule has 0 spiro atoms. The molecule has 21 heavy (non-hydrogen) atoms. The summed E-state index contributed by atoms with van der Waals surface area (Å²) in [4.78, 5) is 16.3. The molecule has 0 bridgehead atoms. The Morgan fingerprint density at radius 3 is 2.38 bits per heavy atom. The number of aliphatic imine (C=N–C) groups is 1. The SMILES string of the molecule is Cc1ccc(C2(c3ccccc3)OC(N)=NC2=O)c(C)c1. The van der Waals surface area contributed by atoms with E-state index in [0.717, 1.165) is 22.3 Å². The molecule has 1 heterocycles. The van der Waals surface area contributed by atoms with Gasteiger partial charge in [-0.1, -0.05) is 54.1 Å². The van der Waals surface area contributed by atoms with E-state index in [-0.39, 0.29) is 6.02 Å². The van der Waals surface area contributed by atoms with Crippen molar-refractivity contribution in [2.24, 2.45) is 10.7 Å². The second-order valence-corrected chi connectivity index (χ2v) is 5.22. The number of amidine groups is 1. The molecule has 1 atom stereocenters. The molecule has 1 aliphatic heterocycles. The Morgan fingerprint density at radius 2 is 1.81 bits per heavy atom. The second kappa shape index (κ2) is 4.74. The second-order valence-electron chi connectivity index (χ2n) is 5.22. The number of hydrogen-bond donors (Lipinski definition) is 1. The van der Waals surface area contributed by atoms with Crippen LogP contribution in [0.2, 0.25) is 0 Å². The number of carbonyl (C=O) groups excluding carboxylic acids is 1. The fraction of sp³-hybridized carbons (Fsp3) is 0.176. The summed E-state index contributed by atoms with van der Waals surface area (Å²) in [5.41, 5.74) is 7.98. The summed E-state index contributed by atoms with van der Waals surface area (Å²) >= 11 is 0. The Bertz CT molecular complexity index is 738. The fourth-order valence-corrected chi connectivity index (χ4v) is 2.79. The molecule has 1 amide bonds. The smallest absolute Gasteiger partial charge is 0.304 e. The highest BCUT2D eigenvalue weighted by atomic mass is 16.5. The third-order valence-electron chi connectivity index (χ3n) is 3.71. The third kappa shape index (κ3) is 2.00. The maximum Gasteiger partial charge on any atom is 0.304 e. The summed E-state index contributed by atoms with van der Waals surface area (Å²) in [5, 5.41) is 0. The molecular formula is C17H16N2O2. The van der Waals surface area contributed by atoms with Gasteiger partial charge in [-0.25, -0.2) is 0 Å². The van der Waals surface area contributed by atoms with Crippen molar-refractivity contribution >= 4 is 11.9 Å². The summed E-state index contributed by atoms with van der Waals surface area (Å²) in [6.45, 7) is 3.96. The number of amides is 1. The molecule has 0 fully saturated rings. The van der Waals surface area contributed by atoms with Crippen LogP contribution >= 0.6 is 0 Å². The highest BCUT2D eigenvalue weighted by molar-refractivity contribution is 6.03. The van der Waals surface area contributed by atoms with Crippen molar-refractivity contribution in [3.63, 3.8) is 0 Å². The van der Waals surface area contributed by atoms with Gasteiger partial charge in [-0.2, -0.15) is 4.99 Å². The van der Waals surface area contributed by atoms with Crippen molar-refractivity contribution in [1.82, 2.24) is 0 Å². The number of carbonyl (C=O) groups is 1. The maximum absolute atomic E-state index is 12.6. The lowest BCUT2D eigenvalue weighted by Gasteiger charge is -2.28. The van der Waals surface area contributed by atoms with Crippen LogP contribution in [0.3, 0.4) is 0 Å². The minimum absolute atomic E-state index is 0.0937. The summed E-state index contributed by atoms with van der Waals surface area (Å²) in [5.74, 6) is -0.391. The van der Waals surface area contributed by atoms with Crippen LogP contribution in [-0.2, 0) is 15.1 Å². The molecule has 0 saturated carbocycles. The van der Waals surface area contributed by atoms with Gasteiger partial charge in [0.1, 0.15) is 0 Å². The lowest BCUT2D eigenvalue weighted by atomic mass is 9.83. The Morgan fingerprint density at radius 1 is 1.10 bits per heavy atom. The molecule has 1 unspecified atom stereocenters. The van der Waals surface area contributed by atoms with Crippen LogP contribution in [0.4, 0.5) is 0 Å². The Kier molecular flexibility index (Phi) is 3.01. The van der Waals surface area contributed by atoms with Gasteiger partial charge in [0.15, 0.2) is 0 Å². The van der Waals surface area contributed by atoms with Gasteiger partial charge < -0.3 is 10.5 Å². The number of rotatable bonds is 2. The Hall–Kier alpha value is -2.62. The van der Waals surface area contributed by atoms with E-state index in [9.17, 15) is 4.79 Å². The van der Waals surface area contributed by atoms with Crippen LogP contribution in [0.15, 0.2) is 53.5 Å². The van der Waals surface area contributed by atoms with Gasteiger partial charge in [-0.15, -0.1) is 0 Å². The van der Waals surface area contributed by atoms with Crippen LogP contribution in [0.25, 0.3) is 0 Å². The topological polar surface area (TPSA) is 64.7 Å². The van der Waals surface area contributed by atoms with E-state index in [1.165, 1.54) is 0 Å². The molecule has 0 aliphatic carbocycles. The minimum Gasteiger partial charge on any atom is -0.438 e. The zero-order chi connectivity index (χ0) is 15.0. The van der Waals surface area contributed by atoms with Gasteiger partial charge in [0.25, 0.3) is 6.02 Å². The number of hydrogen-bond acceptors (Lipinski definition) is 3. The van der Waals surface area contributed by atoms with Crippen LogP contribution in [-0.4, -0.2) is 11.9 Å². The van der Waals surface area contributed by atoms with Crippen LogP contribution in [0.1, 0.15) is 22.3 Å². The largest absolute Gasteiger partial charge is 0.438 e. The lowest BCUT2D eigenvalue weighted by molar-refractivity contribution is -0.128.